The maximum atomic E-state index is 10.9. The summed E-state index contributed by atoms with van der Waals surface area (Å²) in [5.41, 5.74) is 7.04. The second kappa shape index (κ2) is 3.78. The predicted octanol–water partition coefficient (Wildman–Crippen LogP) is 2.26. The summed E-state index contributed by atoms with van der Waals surface area (Å²) < 4.78 is 1.03. The smallest absolute Gasteiger partial charge is 0.325 e. The zero-order valence-electron chi connectivity index (χ0n) is 9.09. The fourth-order valence-corrected chi connectivity index (χ4v) is 3.05. The van der Waals surface area contributed by atoms with E-state index in [9.17, 15) is 4.79 Å². The molecule has 3 rings (SSSR count). The predicted molar refractivity (Wildman–Crippen MR) is 66.2 cm³/mol. The molecule has 17 heavy (non-hydrogen) atoms. The number of aliphatic carboxylic acids is 1. The van der Waals surface area contributed by atoms with Crippen molar-refractivity contribution in [1.82, 2.24) is 4.98 Å². The summed E-state index contributed by atoms with van der Waals surface area (Å²) in [6.07, 6.45) is 2.39. The van der Waals surface area contributed by atoms with E-state index in [4.69, 9.17) is 10.8 Å². The van der Waals surface area contributed by atoms with Crippen molar-refractivity contribution >= 4 is 27.5 Å². The van der Waals surface area contributed by atoms with Gasteiger partial charge in [0.05, 0.1) is 15.2 Å². The summed E-state index contributed by atoms with van der Waals surface area (Å²) in [7, 11) is 0. The number of nitrogens with two attached hydrogens (primary N) is 1. The van der Waals surface area contributed by atoms with Crippen LogP contribution in [0.15, 0.2) is 18.2 Å². The molecule has 4 nitrogen and oxygen atoms in total. The summed E-state index contributed by atoms with van der Waals surface area (Å²) in [4.78, 5) is 15.5. The third kappa shape index (κ3) is 1.81. The molecule has 1 unspecified atom stereocenters. The molecule has 1 atom stereocenters. The molecule has 0 spiro atoms. The van der Waals surface area contributed by atoms with Crippen LogP contribution in [0.1, 0.15) is 35.4 Å². The molecular formula is C12H12N2O2S. The van der Waals surface area contributed by atoms with E-state index in [0.29, 0.717) is 11.5 Å². The largest absolute Gasteiger partial charge is 0.480 e. The van der Waals surface area contributed by atoms with Crippen LogP contribution in [0.2, 0.25) is 0 Å². The highest BCUT2D eigenvalue weighted by Crippen LogP contribution is 2.43. The van der Waals surface area contributed by atoms with Crippen LogP contribution in [0.4, 0.5) is 0 Å². The van der Waals surface area contributed by atoms with Gasteiger partial charge in [0, 0.05) is 11.5 Å². The Kier molecular flexibility index (Phi) is 2.38. The average molecular weight is 248 g/mol. The molecular weight excluding hydrogens is 236 g/mol. The van der Waals surface area contributed by atoms with Gasteiger partial charge in [-0.15, -0.1) is 11.3 Å². The number of hydrogen-bond donors (Lipinski definition) is 2. The van der Waals surface area contributed by atoms with Gasteiger partial charge in [-0.2, -0.15) is 0 Å². The van der Waals surface area contributed by atoms with Gasteiger partial charge in [-0.25, -0.2) is 4.98 Å². The summed E-state index contributed by atoms with van der Waals surface area (Å²) in [6.45, 7) is 0. The molecule has 5 heteroatoms. The van der Waals surface area contributed by atoms with Gasteiger partial charge < -0.3 is 10.8 Å². The van der Waals surface area contributed by atoms with E-state index in [2.05, 4.69) is 4.98 Å². The first kappa shape index (κ1) is 10.7. The van der Waals surface area contributed by atoms with Crippen molar-refractivity contribution in [2.75, 3.05) is 0 Å². The number of para-hydroxylation sites is 1. The first-order valence-corrected chi connectivity index (χ1v) is 6.36. The van der Waals surface area contributed by atoms with Gasteiger partial charge in [-0.1, -0.05) is 12.1 Å². The average Bonchev–Trinajstić information content (AvgIpc) is 3.07. The zero-order chi connectivity index (χ0) is 12.0. The molecule has 88 valence electrons. The minimum Gasteiger partial charge on any atom is -0.480 e. The highest BCUT2D eigenvalue weighted by molar-refractivity contribution is 7.18. The Morgan fingerprint density at radius 3 is 2.94 bits per heavy atom. The lowest BCUT2D eigenvalue weighted by Crippen LogP contribution is -2.20. The van der Waals surface area contributed by atoms with Gasteiger partial charge in [0.25, 0.3) is 0 Å². The number of carbonyl (C=O) groups is 1. The van der Waals surface area contributed by atoms with Crippen molar-refractivity contribution in [3.63, 3.8) is 0 Å². The van der Waals surface area contributed by atoms with Crippen molar-refractivity contribution in [2.24, 2.45) is 5.73 Å². The van der Waals surface area contributed by atoms with Crippen LogP contribution in [0.25, 0.3) is 10.2 Å². The van der Waals surface area contributed by atoms with Gasteiger partial charge in [-0.05, 0) is 18.9 Å². The van der Waals surface area contributed by atoms with Crippen molar-refractivity contribution in [2.45, 2.75) is 24.8 Å². The number of nitrogens with zero attached hydrogens (tertiary/aromatic N) is 1. The Bertz CT molecular complexity index is 589. The summed E-state index contributed by atoms with van der Waals surface area (Å²) in [5.74, 6) is -0.431. The fraction of sp³-hybridized carbons (Fsp3) is 0.333. The van der Waals surface area contributed by atoms with Crippen molar-refractivity contribution in [1.29, 1.82) is 0 Å². The number of hydrogen-bond acceptors (Lipinski definition) is 4. The first-order valence-electron chi connectivity index (χ1n) is 5.54. The van der Waals surface area contributed by atoms with Gasteiger partial charge >= 0.3 is 5.97 Å². The lowest BCUT2D eigenvalue weighted by atomic mass is 10.1. The normalized spacial score (nSPS) is 17.2. The van der Waals surface area contributed by atoms with Crippen LogP contribution in [0.5, 0.6) is 0 Å². The van der Waals surface area contributed by atoms with Crippen LogP contribution in [-0.2, 0) is 4.79 Å². The van der Waals surface area contributed by atoms with Crippen LogP contribution in [0.3, 0.4) is 0 Å². The first-order chi connectivity index (χ1) is 8.16. The Morgan fingerprint density at radius 2 is 2.29 bits per heavy atom. The van der Waals surface area contributed by atoms with E-state index in [0.717, 1.165) is 15.2 Å². The lowest BCUT2D eigenvalue weighted by Gasteiger charge is -2.06. The monoisotopic (exact) mass is 248 g/mol. The molecule has 0 radical (unpaired) electrons. The maximum absolute atomic E-state index is 10.9. The van der Waals surface area contributed by atoms with Gasteiger partial charge in [0.1, 0.15) is 6.04 Å². The number of benzene rings is 1. The van der Waals surface area contributed by atoms with E-state index in [1.807, 2.05) is 12.1 Å². The van der Waals surface area contributed by atoms with Crippen molar-refractivity contribution < 1.29 is 9.90 Å². The molecule has 0 aliphatic heterocycles. The van der Waals surface area contributed by atoms with Crippen LogP contribution in [-0.4, -0.2) is 16.1 Å². The second-order valence-corrected chi connectivity index (χ2v) is 5.40. The standard InChI is InChI=1S/C12H12N2O2S/c13-9(12(15)16)7-2-1-3-8-10(7)14-11(17-8)6-4-5-6/h1-3,6,9H,4-5,13H2,(H,15,16). The Labute approximate surface area is 102 Å². The molecule has 1 saturated carbocycles. The van der Waals surface area contributed by atoms with Crippen molar-refractivity contribution in [3.8, 4) is 0 Å². The second-order valence-electron chi connectivity index (χ2n) is 4.34. The van der Waals surface area contributed by atoms with Gasteiger partial charge in [-0.3, -0.25) is 4.79 Å². The summed E-state index contributed by atoms with van der Waals surface area (Å²) in [5, 5.41) is 10.1. The van der Waals surface area contributed by atoms with Crippen LogP contribution >= 0.6 is 11.3 Å². The minimum absolute atomic E-state index is 0.585. The summed E-state index contributed by atoms with van der Waals surface area (Å²) in [6, 6.07) is 4.57. The van der Waals surface area contributed by atoms with E-state index in [1.165, 1.54) is 12.8 Å². The van der Waals surface area contributed by atoms with Crippen molar-refractivity contribution in [3.05, 3.63) is 28.8 Å². The molecule has 0 saturated heterocycles. The van der Waals surface area contributed by atoms with Crippen LogP contribution < -0.4 is 5.73 Å². The Hall–Kier alpha value is -1.46. The Balaban J connectivity index is 2.14. The molecule has 1 aliphatic rings. The highest BCUT2D eigenvalue weighted by Gasteiger charge is 2.28. The third-order valence-corrected chi connectivity index (χ3v) is 4.18. The molecule has 0 amide bonds. The molecule has 1 aliphatic carbocycles. The number of aromatic nitrogens is 1. The number of thiazole rings is 1. The number of fused-ring (bicyclic) bond motifs is 1. The van der Waals surface area contributed by atoms with E-state index in [-0.39, 0.29) is 0 Å². The van der Waals surface area contributed by atoms with E-state index < -0.39 is 12.0 Å². The zero-order valence-corrected chi connectivity index (χ0v) is 9.91. The van der Waals surface area contributed by atoms with E-state index >= 15 is 0 Å². The lowest BCUT2D eigenvalue weighted by molar-refractivity contribution is -0.138. The SMILES string of the molecule is NC(C(=O)O)c1cccc2sc(C3CC3)nc12. The molecule has 1 aromatic carbocycles. The number of carboxylic acid groups (broad SMARTS) is 1. The molecule has 1 fully saturated rings. The molecule has 1 heterocycles. The van der Waals surface area contributed by atoms with Gasteiger partial charge in [0.2, 0.25) is 0 Å². The van der Waals surface area contributed by atoms with Crippen LogP contribution in [0, 0.1) is 0 Å². The minimum atomic E-state index is -1.02. The van der Waals surface area contributed by atoms with Gasteiger partial charge in [0.15, 0.2) is 0 Å². The molecule has 2 aromatic rings. The van der Waals surface area contributed by atoms with E-state index in [1.54, 1.807) is 17.4 Å². The molecule has 1 aromatic heterocycles. The third-order valence-electron chi connectivity index (χ3n) is 2.99. The maximum Gasteiger partial charge on any atom is 0.325 e. The number of carboxylic acids is 1. The topological polar surface area (TPSA) is 76.2 Å². The Morgan fingerprint density at radius 1 is 1.53 bits per heavy atom. The molecule has 3 N–H and O–H groups in total. The summed E-state index contributed by atoms with van der Waals surface area (Å²) >= 11 is 1.65. The highest BCUT2D eigenvalue weighted by atomic mass is 32.1. The fourth-order valence-electron chi connectivity index (χ4n) is 1.88. The number of rotatable bonds is 3. The quantitative estimate of drug-likeness (QED) is 0.873. The molecule has 0 bridgehead atoms.